The first-order valence-electron chi connectivity index (χ1n) is 10.7. The fourth-order valence-corrected chi connectivity index (χ4v) is 4.30. The minimum Gasteiger partial charge on any atom is -0.490 e. The van der Waals surface area contributed by atoms with Gasteiger partial charge in [0.1, 0.15) is 0 Å². The Morgan fingerprint density at radius 3 is 2.90 bits per heavy atom. The number of benzene rings is 2. The van der Waals surface area contributed by atoms with Crippen LogP contribution in [0.3, 0.4) is 0 Å². The van der Waals surface area contributed by atoms with Gasteiger partial charge in [0.15, 0.2) is 11.6 Å². The van der Waals surface area contributed by atoms with E-state index in [1.165, 1.54) is 17.0 Å². The van der Waals surface area contributed by atoms with Gasteiger partial charge in [-0.15, -0.1) is 0 Å². The Morgan fingerprint density at radius 1 is 1.10 bits per heavy atom. The molecule has 0 amide bonds. The average molecular weight is 417 g/mol. The van der Waals surface area contributed by atoms with Gasteiger partial charge in [-0.25, -0.2) is 4.39 Å². The van der Waals surface area contributed by atoms with Crippen LogP contribution in [0.1, 0.15) is 29.3 Å². The van der Waals surface area contributed by atoms with E-state index in [1.54, 1.807) is 18.2 Å². The van der Waals surface area contributed by atoms with Crippen molar-refractivity contribution in [1.29, 1.82) is 0 Å². The van der Waals surface area contributed by atoms with Crippen LogP contribution in [0.5, 0.6) is 5.75 Å². The van der Waals surface area contributed by atoms with Crippen LogP contribution in [0.25, 0.3) is 10.9 Å². The van der Waals surface area contributed by atoms with Crippen LogP contribution < -0.4 is 4.74 Å². The first-order valence-corrected chi connectivity index (χ1v) is 10.7. The molecule has 31 heavy (non-hydrogen) atoms. The number of fused-ring (bicyclic) bond motifs is 1. The van der Waals surface area contributed by atoms with Gasteiger partial charge < -0.3 is 4.74 Å². The van der Waals surface area contributed by atoms with Gasteiger partial charge in [-0.2, -0.15) is 5.10 Å². The van der Waals surface area contributed by atoms with Crippen LogP contribution in [-0.4, -0.2) is 39.8 Å². The summed E-state index contributed by atoms with van der Waals surface area (Å²) >= 11 is 0. The number of likely N-dealkylation sites (tertiary alicyclic amines) is 1. The molecule has 0 spiro atoms. The zero-order valence-corrected chi connectivity index (χ0v) is 17.3. The van der Waals surface area contributed by atoms with Crippen molar-refractivity contribution in [3.05, 3.63) is 89.6 Å². The highest BCUT2D eigenvalue weighted by Gasteiger charge is 2.26. The number of halogens is 1. The minimum atomic E-state index is -0.333. The second-order valence-electron chi connectivity index (χ2n) is 8.05. The third-order valence-electron chi connectivity index (χ3n) is 5.94. The SMILES string of the molecule is Fc1ccccc1OCCc1cc(C2CCN(Cc3ccnc4ccccc34)C2)n[nH]1. The second-order valence-corrected chi connectivity index (χ2v) is 8.05. The Balaban J connectivity index is 1.17. The van der Waals surface area contributed by atoms with Gasteiger partial charge in [0.2, 0.25) is 0 Å². The first kappa shape index (κ1) is 19.7. The molecule has 1 N–H and O–H groups in total. The molecule has 1 fully saturated rings. The largest absolute Gasteiger partial charge is 0.490 e. The minimum absolute atomic E-state index is 0.289. The molecule has 6 heteroatoms. The number of hydrogen-bond donors (Lipinski definition) is 1. The Labute approximate surface area is 180 Å². The Hall–Kier alpha value is -3.25. The van der Waals surface area contributed by atoms with E-state index in [1.807, 2.05) is 12.3 Å². The van der Waals surface area contributed by atoms with E-state index < -0.39 is 0 Å². The lowest BCUT2D eigenvalue weighted by molar-refractivity contribution is 0.304. The van der Waals surface area contributed by atoms with Crippen molar-refractivity contribution in [2.24, 2.45) is 0 Å². The van der Waals surface area contributed by atoms with Gasteiger partial charge >= 0.3 is 0 Å². The van der Waals surface area contributed by atoms with E-state index in [-0.39, 0.29) is 11.6 Å². The van der Waals surface area contributed by atoms with Crippen LogP contribution in [0, 0.1) is 5.82 Å². The normalized spacial score (nSPS) is 16.7. The molecule has 2 aromatic carbocycles. The number of nitrogens with zero attached hydrogens (tertiary/aromatic N) is 3. The second kappa shape index (κ2) is 8.86. The van der Waals surface area contributed by atoms with Crippen LogP contribution in [0.15, 0.2) is 66.9 Å². The predicted octanol–water partition coefficient (Wildman–Crippen LogP) is 4.71. The van der Waals surface area contributed by atoms with Crippen molar-refractivity contribution in [3.63, 3.8) is 0 Å². The summed E-state index contributed by atoms with van der Waals surface area (Å²) in [6.45, 7) is 3.38. The van der Waals surface area contributed by atoms with Crippen molar-refractivity contribution in [2.75, 3.05) is 19.7 Å². The van der Waals surface area contributed by atoms with E-state index >= 15 is 0 Å². The van der Waals surface area contributed by atoms with Gasteiger partial charge in [-0.05, 0) is 48.9 Å². The fraction of sp³-hybridized carbons (Fsp3) is 0.280. The average Bonchev–Trinajstić information content (AvgIpc) is 3.45. The van der Waals surface area contributed by atoms with Gasteiger partial charge in [0.05, 0.1) is 17.8 Å². The molecule has 3 heterocycles. The molecule has 0 radical (unpaired) electrons. The molecule has 0 bridgehead atoms. The highest BCUT2D eigenvalue weighted by atomic mass is 19.1. The van der Waals surface area contributed by atoms with E-state index in [0.29, 0.717) is 18.9 Å². The lowest BCUT2D eigenvalue weighted by Crippen LogP contribution is -2.20. The highest BCUT2D eigenvalue weighted by molar-refractivity contribution is 5.81. The molecule has 5 nitrogen and oxygen atoms in total. The molecule has 1 unspecified atom stereocenters. The lowest BCUT2D eigenvalue weighted by Gasteiger charge is -2.16. The van der Waals surface area contributed by atoms with Crippen LogP contribution >= 0.6 is 0 Å². The Kier molecular flexibility index (Phi) is 5.63. The summed E-state index contributed by atoms with van der Waals surface area (Å²) < 4.78 is 19.2. The number of aromatic nitrogens is 3. The summed E-state index contributed by atoms with van der Waals surface area (Å²) in [5, 5.41) is 8.89. The maximum atomic E-state index is 13.6. The summed E-state index contributed by atoms with van der Waals surface area (Å²) in [6.07, 6.45) is 3.66. The summed E-state index contributed by atoms with van der Waals surface area (Å²) in [4.78, 5) is 6.95. The molecule has 2 aromatic heterocycles. The van der Waals surface area contributed by atoms with Gasteiger partial charge in [-0.3, -0.25) is 15.0 Å². The highest BCUT2D eigenvalue weighted by Crippen LogP contribution is 2.28. The van der Waals surface area contributed by atoms with Gasteiger partial charge in [0.25, 0.3) is 0 Å². The van der Waals surface area contributed by atoms with E-state index in [4.69, 9.17) is 4.74 Å². The molecular formula is C25H25FN4O. The smallest absolute Gasteiger partial charge is 0.165 e. The molecule has 5 rings (SSSR count). The molecule has 1 saturated heterocycles. The number of aromatic amines is 1. The van der Waals surface area contributed by atoms with Gasteiger partial charge in [-0.1, -0.05) is 30.3 Å². The van der Waals surface area contributed by atoms with Crippen LogP contribution in [-0.2, 0) is 13.0 Å². The fourth-order valence-electron chi connectivity index (χ4n) is 4.30. The van der Waals surface area contributed by atoms with Crippen molar-refractivity contribution < 1.29 is 9.13 Å². The summed E-state index contributed by atoms with van der Waals surface area (Å²) in [5.74, 6) is 0.378. The van der Waals surface area contributed by atoms with Crippen molar-refractivity contribution in [1.82, 2.24) is 20.1 Å². The maximum absolute atomic E-state index is 13.6. The molecule has 4 aromatic rings. The monoisotopic (exact) mass is 416 g/mol. The van der Waals surface area contributed by atoms with Crippen molar-refractivity contribution in [3.8, 4) is 5.75 Å². The van der Waals surface area contributed by atoms with E-state index in [2.05, 4.69) is 50.4 Å². The first-order chi connectivity index (χ1) is 15.3. The molecule has 1 aliphatic heterocycles. The number of pyridine rings is 1. The summed E-state index contributed by atoms with van der Waals surface area (Å²) in [5.41, 5.74) is 4.48. The molecule has 0 saturated carbocycles. The number of ether oxygens (including phenoxy) is 1. The third kappa shape index (κ3) is 4.44. The number of H-pyrrole nitrogens is 1. The van der Waals surface area contributed by atoms with Crippen LogP contribution in [0.4, 0.5) is 4.39 Å². The molecule has 0 aliphatic carbocycles. The quantitative estimate of drug-likeness (QED) is 0.474. The summed E-state index contributed by atoms with van der Waals surface area (Å²) in [6, 6.07) is 19.0. The maximum Gasteiger partial charge on any atom is 0.165 e. The molecule has 158 valence electrons. The van der Waals surface area contributed by atoms with E-state index in [0.717, 1.165) is 43.0 Å². The number of rotatable bonds is 7. The lowest BCUT2D eigenvalue weighted by atomic mass is 10.0. The Morgan fingerprint density at radius 2 is 1.97 bits per heavy atom. The number of nitrogens with one attached hydrogen (secondary N) is 1. The molecule has 1 aliphatic rings. The van der Waals surface area contributed by atoms with Crippen molar-refractivity contribution in [2.45, 2.75) is 25.3 Å². The number of para-hydroxylation sites is 2. The van der Waals surface area contributed by atoms with Crippen LogP contribution in [0.2, 0.25) is 0 Å². The Bertz CT molecular complexity index is 1170. The predicted molar refractivity (Wildman–Crippen MR) is 119 cm³/mol. The molecular weight excluding hydrogens is 391 g/mol. The standard InChI is InChI=1S/C25H25FN4O/c26-22-6-2-4-8-25(22)31-14-11-20-15-24(29-28-20)19-10-13-30(17-19)16-18-9-12-27-23-7-3-1-5-21(18)23/h1-9,12,15,19H,10-11,13-14,16-17H2,(H,28,29). The number of hydrogen-bond acceptors (Lipinski definition) is 4. The van der Waals surface area contributed by atoms with E-state index in [9.17, 15) is 4.39 Å². The van der Waals surface area contributed by atoms with Gasteiger partial charge in [0, 0.05) is 42.7 Å². The van der Waals surface area contributed by atoms with Crippen molar-refractivity contribution >= 4 is 10.9 Å². The molecule has 1 atom stereocenters. The summed E-state index contributed by atoms with van der Waals surface area (Å²) in [7, 11) is 0. The topological polar surface area (TPSA) is 54.0 Å². The zero-order chi connectivity index (χ0) is 21.0. The third-order valence-corrected chi connectivity index (χ3v) is 5.94. The zero-order valence-electron chi connectivity index (χ0n) is 17.3.